The number of nitrogens with two attached hydrogens (primary N) is 1. The van der Waals surface area contributed by atoms with Gasteiger partial charge in [-0.15, -0.1) is 0 Å². The van der Waals surface area contributed by atoms with E-state index in [4.69, 9.17) is 15.2 Å². The largest absolute Gasteiger partial charge is 0.397 e. The lowest BCUT2D eigenvalue weighted by molar-refractivity contribution is 0.114. The number of nitrogens with zero attached hydrogens (tertiary/aromatic N) is 2. The molecule has 0 aliphatic rings. The highest BCUT2D eigenvalue weighted by molar-refractivity contribution is 5.34. The Morgan fingerprint density at radius 1 is 1.11 bits per heavy atom. The van der Waals surface area contributed by atoms with E-state index in [2.05, 4.69) is 9.88 Å². The average molecular weight is 253 g/mol. The van der Waals surface area contributed by atoms with Crippen molar-refractivity contribution in [2.75, 3.05) is 52.8 Å². The minimum atomic E-state index is 0.703. The van der Waals surface area contributed by atoms with Crippen molar-refractivity contribution in [3.8, 4) is 0 Å². The summed E-state index contributed by atoms with van der Waals surface area (Å²) in [5.74, 6) is 0. The number of rotatable bonds is 9. The molecule has 0 radical (unpaired) electrons. The molecule has 0 saturated heterocycles. The molecule has 1 heterocycles. The number of ether oxygens (including phenoxy) is 2. The van der Waals surface area contributed by atoms with Crippen LogP contribution in [0.2, 0.25) is 0 Å². The van der Waals surface area contributed by atoms with Crippen molar-refractivity contribution in [3.05, 3.63) is 24.0 Å². The Balaban J connectivity index is 2.37. The van der Waals surface area contributed by atoms with Gasteiger partial charge < -0.3 is 15.2 Å². The number of methoxy groups -OCH3 is 2. The molecule has 5 heteroatoms. The van der Waals surface area contributed by atoms with Crippen molar-refractivity contribution >= 4 is 5.69 Å². The van der Waals surface area contributed by atoms with Crippen LogP contribution in [0.25, 0.3) is 0 Å². The molecule has 18 heavy (non-hydrogen) atoms. The van der Waals surface area contributed by atoms with E-state index >= 15 is 0 Å². The second-order valence-electron chi connectivity index (χ2n) is 4.16. The zero-order valence-electron chi connectivity index (χ0n) is 11.3. The van der Waals surface area contributed by atoms with E-state index in [1.54, 1.807) is 20.4 Å². The summed E-state index contributed by atoms with van der Waals surface area (Å²) in [7, 11) is 3.44. The Kier molecular flexibility index (Phi) is 7.32. The standard InChI is InChI=1S/C13H23N3O2/c1-17-9-7-16(8-10-18-2)6-5-13-4-3-12(14)11-15-13/h3-4,11H,5-10,14H2,1-2H3. The van der Waals surface area contributed by atoms with E-state index in [9.17, 15) is 0 Å². The molecule has 0 amide bonds. The fourth-order valence-electron chi connectivity index (χ4n) is 1.63. The van der Waals surface area contributed by atoms with E-state index in [1.807, 2.05) is 12.1 Å². The quantitative estimate of drug-likeness (QED) is 0.705. The monoisotopic (exact) mass is 253 g/mol. The van der Waals surface area contributed by atoms with Crippen LogP contribution in [0.3, 0.4) is 0 Å². The molecular weight excluding hydrogens is 230 g/mol. The highest BCUT2D eigenvalue weighted by Gasteiger charge is 2.05. The summed E-state index contributed by atoms with van der Waals surface area (Å²) in [5, 5.41) is 0. The summed E-state index contributed by atoms with van der Waals surface area (Å²) in [6, 6.07) is 3.86. The van der Waals surface area contributed by atoms with Crippen LogP contribution in [0.4, 0.5) is 5.69 Å². The van der Waals surface area contributed by atoms with Crippen molar-refractivity contribution in [1.29, 1.82) is 0 Å². The van der Waals surface area contributed by atoms with Gasteiger partial charge in [-0.05, 0) is 12.1 Å². The zero-order valence-corrected chi connectivity index (χ0v) is 11.3. The second-order valence-corrected chi connectivity index (χ2v) is 4.16. The van der Waals surface area contributed by atoms with Gasteiger partial charge in [0.1, 0.15) is 0 Å². The predicted molar refractivity (Wildman–Crippen MR) is 72.5 cm³/mol. The molecule has 0 fully saturated rings. The number of aromatic nitrogens is 1. The summed E-state index contributed by atoms with van der Waals surface area (Å²) in [6.45, 7) is 4.24. The second kappa shape index (κ2) is 8.85. The van der Waals surface area contributed by atoms with Crippen molar-refractivity contribution < 1.29 is 9.47 Å². The third-order valence-electron chi connectivity index (χ3n) is 2.76. The topological polar surface area (TPSA) is 60.6 Å². The lowest BCUT2D eigenvalue weighted by atomic mass is 10.2. The minimum Gasteiger partial charge on any atom is -0.397 e. The van der Waals surface area contributed by atoms with Crippen molar-refractivity contribution in [2.45, 2.75) is 6.42 Å². The summed E-state index contributed by atoms with van der Waals surface area (Å²) >= 11 is 0. The SMILES string of the molecule is COCCN(CCOC)CCc1ccc(N)cn1. The Labute approximate surface area is 109 Å². The molecule has 0 bridgehead atoms. The summed E-state index contributed by atoms with van der Waals surface area (Å²) < 4.78 is 10.2. The highest BCUT2D eigenvalue weighted by atomic mass is 16.5. The molecule has 102 valence electrons. The molecule has 1 rings (SSSR count). The van der Waals surface area contributed by atoms with Crippen LogP contribution in [0.1, 0.15) is 5.69 Å². The first-order valence-corrected chi connectivity index (χ1v) is 6.17. The van der Waals surface area contributed by atoms with Gasteiger partial charge in [-0.25, -0.2) is 0 Å². The van der Waals surface area contributed by atoms with Crippen LogP contribution in [-0.4, -0.2) is 57.0 Å². The molecule has 0 atom stereocenters. The number of hydrogen-bond acceptors (Lipinski definition) is 5. The molecule has 0 aliphatic carbocycles. The third-order valence-corrected chi connectivity index (χ3v) is 2.76. The molecule has 0 aromatic carbocycles. The average Bonchev–Trinajstić information content (AvgIpc) is 2.40. The first kappa shape index (κ1) is 14.9. The van der Waals surface area contributed by atoms with Crippen LogP contribution in [0.15, 0.2) is 18.3 Å². The van der Waals surface area contributed by atoms with Gasteiger partial charge in [0.25, 0.3) is 0 Å². The molecule has 5 nitrogen and oxygen atoms in total. The van der Waals surface area contributed by atoms with Crippen molar-refractivity contribution in [1.82, 2.24) is 9.88 Å². The zero-order chi connectivity index (χ0) is 13.2. The fraction of sp³-hybridized carbons (Fsp3) is 0.615. The maximum absolute atomic E-state index is 5.61. The normalized spacial score (nSPS) is 11.1. The summed E-state index contributed by atoms with van der Waals surface area (Å²) in [4.78, 5) is 6.61. The van der Waals surface area contributed by atoms with Crippen LogP contribution in [0.5, 0.6) is 0 Å². The van der Waals surface area contributed by atoms with E-state index < -0.39 is 0 Å². The van der Waals surface area contributed by atoms with Gasteiger partial charge in [0.05, 0.1) is 25.1 Å². The maximum Gasteiger partial charge on any atom is 0.0589 e. The molecule has 0 unspecified atom stereocenters. The van der Waals surface area contributed by atoms with E-state index in [-0.39, 0.29) is 0 Å². The maximum atomic E-state index is 5.61. The van der Waals surface area contributed by atoms with Crippen molar-refractivity contribution in [2.24, 2.45) is 0 Å². The smallest absolute Gasteiger partial charge is 0.0589 e. The number of pyridine rings is 1. The van der Waals surface area contributed by atoms with Gasteiger partial charge in [-0.1, -0.05) is 0 Å². The van der Waals surface area contributed by atoms with Gasteiger partial charge in [-0.2, -0.15) is 0 Å². The van der Waals surface area contributed by atoms with Gasteiger partial charge in [0.15, 0.2) is 0 Å². The molecule has 0 aliphatic heterocycles. The fourth-order valence-corrected chi connectivity index (χ4v) is 1.63. The first-order chi connectivity index (χ1) is 8.76. The van der Waals surface area contributed by atoms with Crippen molar-refractivity contribution in [3.63, 3.8) is 0 Å². The van der Waals surface area contributed by atoms with E-state index in [1.165, 1.54) is 0 Å². The first-order valence-electron chi connectivity index (χ1n) is 6.17. The van der Waals surface area contributed by atoms with Crippen LogP contribution in [0, 0.1) is 0 Å². The molecular formula is C13H23N3O2. The molecule has 1 aromatic rings. The summed E-state index contributed by atoms with van der Waals surface area (Å²) in [6.07, 6.45) is 2.61. The molecule has 0 saturated carbocycles. The van der Waals surface area contributed by atoms with Gasteiger partial charge in [0, 0.05) is 46.0 Å². The number of anilines is 1. The van der Waals surface area contributed by atoms with E-state index in [0.717, 1.165) is 45.0 Å². The van der Waals surface area contributed by atoms with Crippen LogP contribution >= 0.6 is 0 Å². The predicted octanol–water partition coefficient (Wildman–Crippen LogP) is 0.801. The van der Waals surface area contributed by atoms with Gasteiger partial charge >= 0.3 is 0 Å². The molecule has 1 aromatic heterocycles. The Morgan fingerprint density at radius 3 is 2.28 bits per heavy atom. The van der Waals surface area contributed by atoms with Crippen LogP contribution in [-0.2, 0) is 15.9 Å². The van der Waals surface area contributed by atoms with E-state index in [0.29, 0.717) is 5.69 Å². The Morgan fingerprint density at radius 2 is 1.78 bits per heavy atom. The molecule has 0 spiro atoms. The third kappa shape index (κ3) is 5.95. The highest BCUT2D eigenvalue weighted by Crippen LogP contribution is 2.03. The molecule has 2 N–H and O–H groups in total. The van der Waals surface area contributed by atoms with Gasteiger partial charge in [-0.3, -0.25) is 9.88 Å². The van der Waals surface area contributed by atoms with Crippen LogP contribution < -0.4 is 5.73 Å². The number of nitrogen functional groups attached to an aromatic ring is 1. The lowest BCUT2D eigenvalue weighted by Gasteiger charge is -2.21. The summed E-state index contributed by atoms with van der Waals surface area (Å²) in [5.41, 5.74) is 7.37. The Bertz CT molecular complexity index is 309. The lowest BCUT2D eigenvalue weighted by Crippen LogP contribution is -2.32. The van der Waals surface area contributed by atoms with Gasteiger partial charge in [0.2, 0.25) is 0 Å². The number of hydrogen-bond donors (Lipinski definition) is 1. The minimum absolute atomic E-state index is 0.703. The Hall–Kier alpha value is -1.17.